The first kappa shape index (κ1) is 18.3. The molecule has 0 aliphatic carbocycles. The van der Waals surface area contributed by atoms with Crippen molar-refractivity contribution in [2.75, 3.05) is 6.54 Å². The molecule has 1 fully saturated rings. The molecule has 22 heavy (non-hydrogen) atoms. The Kier molecular flexibility index (Phi) is 5.43. The molecule has 0 bridgehead atoms. The molecule has 1 N–H and O–H groups in total. The second-order valence-corrected chi connectivity index (χ2v) is 7.41. The van der Waals surface area contributed by atoms with E-state index < -0.39 is 29.4 Å². The van der Waals surface area contributed by atoms with Gasteiger partial charge in [0.25, 0.3) is 0 Å². The Balaban J connectivity index is 2.63. The SMILES string of the molecule is CC(C)(C)OC(=O)N[C@@H]1C[C@@H](C=O)N(C(=O)OC(C)(C)C)C1. The molecule has 1 saturated heterocycles. The molecule has 0 unspecified atom stereocenters. The van der Waals surface area contributed by atoms with Crippen molar-refractivity contribution < 1.29 is 23.9 Å². The highest BCUT2D eigenvalue weighted by molar-refractivity contribution is 5.75. The molecule has 0 spiro atoms. The first-order valence-corrected chi connectivity index (χ1v) is 7.36. The highest BCUT2D eigenvalue weighted by Crippen LogP contribution is 2.20. The van der Waals surface area contributed by atoms with E-state index in [1.807, 2.05) is 0 Å². The highest BCUT2D eigenvalue weighted by atomic mass is 16.6. The molecule has 126 valence electrons. The summed E-state index contributed by atoms with van der Waals surface area (Å²) in [5.41, 5.74) is -1.24. The maximum atomic E-state index is 12.1. The number of nitrogens with one attached hydrogen (secondary N) is 1. The van der Waals surface area contributed by atoms with Crippen molar-refractivity contribution in [2.24, 2.45) is 0 Å². The van der Waals surface area contributed by atoms with Gasteiger partial charge >= 0.3 is 12.2 Å². The fraction of sp³-hybridized carbons (Fsp3) is 0.800. The Morgan fingerprint density at radius 1 is 1.09 bits per heavy atom. The van der Waals surface area contributed by atoms with Crippen molar-refractivity contribution in [3.05, 3.63) is 0 Å². The zero-order chi connectivity index (χ0) is 17.1. The van der Waals surface area contributed by atoms with E-state index in [9.17, 15) is 14.4 Å². The van der Waals surface area contributed by atoms with Crippen LogP contribution in [0.2, 0.25) is 0 Å². The third-order valence-electron chi connectivity index (χ3n) is 2.85. The van der Waals surface area contributed by atoms with Gasteiger partial charge in [-0.15, -0.1) is 0 Å². The van der Waals surface area contributed by atoms with Crippen LogP contribution in [0.4, 0.5) is 9.59 Å². The van der Waals surface area contributed by atoms with Gasteiger partial charge < -0.3 is 19.6 Å². The lowest BCUT2D eigenvalue weighted by Crippen LogP contribution is -2.43. The zero-order valence-corrected chi connectivity index (χ0v) is 14.1. The summed E-state index contributed by atoms with van der Waals surface area (Å²) in [5.74, 6) is 0. The largest absolute Gasteiger partial charge is 0.444 e. The normalized spacial score (nSPS) is 22.2. The molecule has 7 heteroatoms. The van der Waals surface area contributed by atoms with Crippen molar-refractivity contribution in [3.8, 4) is 0 Å². The molecule has 0 aromatic carbocycles. The molecule has 0 radical (unpaired) electrons. The quantitative estimate of drug-likeness (QED) is 0.789. The third-order valence-corrected chi connectivity index (χ3v) is 2.85. The summed E-state index contributed by atoms with van der Waals surface area (Å²) in [4.78, 5) is 36.3. The average molecular weight is 314 g/mol. The van der Waals surface area contributed by atoms with Gasteiger partial charge in [-0.3, -0.25) is 4.90 Å². The molecular formula is C15H26N2O5. The highest BCUT2D eigenvalue weighted by Gasteiger charge is 2.38. The number of carbonyl (C=O) groups is 3. The Hall–Kier alpha value is -1.79. The van der Waals surface area contributed by atoms with Crippen molar-refractivity contribution in [1.82, 2.24) is 10.2 Å². The number of ether oxygens (including phenoxy) is 2. The molecule has 1 aliphatic rings. The van der Waals surface area contributed by atoms with Gasteiger partial charge in [0.05, 0.1) is 12.1 Å². The van der Waals surface area contributed by atoms with Gasteiger partial charge in [0.15, 0.2) is 0 Å². The van der Waals surface area contributed by atoms with Gasteiger partial charge in [-0.05, 0) is 48.0 Å². The van der Waals surface area contributed by atoms with Crippen LogP contribution in [0.25, 0.3) is 0 Å². The summed E-state index contributed by atoms with van der Waals surface area (Å²) < 4.78 is 10.4. The molecule has 2 amide bonds. The zero-order valence-electron chi connectivity index (χ0n) is 14.1. The monoisotopic (exact) mass is 314 g/mol. The summed E-state index contributed by atoms with van der Waals surface area (Å²) in [7, 11) is 0. The van der Waals surface area contributed by atoms with Crippen LogP contribution in [0.15, 0.2) is 0 Å². The van der Waals surface area contributed by atoms with Gasteiger partial charge in [0.1, 0.15) is 17.5 Å². The molecule has 7 nitrogen and oxygen atoms in total. The van der Waals surface area contributed by atoms with Crippen LogP contribution in [0.5, 0.6) is 0 Å². The number of hydrogen-bond acceptors (Lipinski definition) is 5. The summed E-state index contributed by atoms with van der Waals surface area (Å²) in [6, 6.07) is -0.938. The minimum absolute atomic E-state index is 0.220. The number of likely N-dealkylation sites (tertiary alicyclic amines) is 1. The number of amides is 2. The maximum Gasteiger partial charge on any atom is 0.410 e. The van der Waals surface area contributed by atoms with E-state index in [2.05, 4.69) is 5.32 Å². The lowest BCUT2D eigenvalue weighted by molar-refractivity contribution is -0.111. The van der Waals surface area contributed by atoms with E-state index in [4.69, 9.17) is 9.47 Å². The second-order valence-electron chi connectivity index (χ2n) is 7.41. The van der Waals surface area contributed by atoms with E-state index in [1.54, 1.807) is 41.5 Å². The predicted octanol–water partition coefficient (Wildman–Crippen LogP) is 2.09. The fourth-order valence-corrected chi connectivity index (χ4v) is 2.10. The lowest BCUT2D eigenvalue weighted by atomic mass is 10.2. The number of alkyl carbamates (subject to hydrolysis) is 1. The standard InChI is InChI=1S/C15H26N2O5/c1-14(2,3)21-12(19)16-10-7-11(9-18)17(8-10)13(20)22-15(4,5)6/h9-11H,7-8H2,1-6H3,(H,16,19)/t10-,11+/m1/s1. The van der Waals surface area contributed by atoms with Crippen LogP contribution in [-0.2, 0) is 14.3 Å². The Morgan fingerprint density at radius 3 is 2.09 bits per heavy atom. The minimum atomic E-state index is -0.638. The van der Waals surface area contributed by atoms with Crippen LogP contribution in [0, 0.1) is 0 Å². The maximum absolute atomic E-state index is 12.1. The van der Waals surface area contributed by atoms with Crippen LogP contribution in [0.3, 0.4) is 0 Å². The molecule has 1 rings (SSSR count). The van der Waals surface area contributed by atoms with Crippen LogP contribution in [0.1, 0.15) is 48.0 Å². The summed E-state index contributed by atoms with van der Waals surface area (Å²) in [6.07, 6.45) is -0.0749. The fourth-order valence-electron chi connectivity index (χ4n) is 2.10. The van der Waals surface area contributed by atoms with E-state index in [-0.39, 0.29) is 12.6 Å². The van der Waals surface area contributed by atoms with Gasteiger partial charge in [-0.2, -0.15) is 0 Å². The van der Waals surface area contributed by atoms with Crippen LogP contribution < -0.4 is 5.32 Å². The average Bonchev–Trinajstić information content (AvgIpc) is 2.66. The Bertz CT molecular complexity index is 436. The first-order chi connectivity index (χ1) is 9.91. The van der Waals surface area contributed by atoms with Crippen molar-refractivity contribution >= 4 is 18.5 Å². The van der Waals surface area contributed by atoms with Crippen molar-refractivity contribution in [1.29, 1.82) is 0 Å². The van der Waals surface area contributed by atoms with Crippen LogP contribution >= 0.6 is 0 Å². The predicted molar refractivity (Wildman–Crippen MR) is 80.6 cm³/mol. The first-order valence-electron chi connectivity index (χ1n) is 7.36. The number of hydrogen-bond donors (Lipinski definition) is 1. The molecular weight excluding hydrogens is 288 g/mol. The smallest absolute Gasteiger partial charge is 0.410 e. The van der Waals surface area contributed by atoms with Gasteiger partial charge in [-0.25, -0.2) is 9.59 Å². The second kappa shape index (κ2) is 6.54. The van der Waals surface area contributed by atoms with Gasteiger partial charge in [0, 0.05) is 6.54 Å². The number of aldehydes is 1. The number of rotatable bonds is 2. The molecule has 1 aliphatic heterocycles. The van der Waals surface area contributed by atoms with Gasteiger partial charge in [-0.1, -0.05) is 0 Å². The molecule has 2 atom stereocenters. The number of nitrogens with zero attached hydrogens (tertiary/aromatic N) is 1. The Labute approximate surface area is 131 Å². The molecule has 0 aromatic rings. The molecule has 0 saturated carbocycles. The summed E-state index contributed by atoms with van der Waals surface area (Å²) in [6.45, 7) is 10.8. The third kappa shape index (κ3) is 5.91. The van der Waals surface area contributed by atoms with E-state index in [0.29, 0.717) is 12.7 Å². The lowest BCUT2D eigenvalue weighted by Gasteiger charge is -2.26. The van der Waals surface area contributed by atoms with Crippen LogP contribution in [-0.4, -0.2) is 53.2 Å². The molecule has 0 aromatic heterocycles. The minimum Gasteiger partial charge on any atom is -0.444 e. The molecule has 1 heterocycles. The topological polar surface area (TPSA) is 84.9 Å². The summed E-state index contributed by atoms with van der Waals surface area (Å²) >= 11 is 0. The van der Waals surface area contributed by atoms with Crippen molar-refractivity contribution in [2.45, 2.75) is 71.2 Å². The van der Waals surface area contributed by atoms with Crippen molar-refractivity contribution in [3.63, 3.8) is 0 Å². The van der Waals surface area contributed by atoms with Gasteiger partial charge in [0.2, 0.25) is 0 Å². The van der Waals surface area contributed by atoms with E-state index in [1.165, 1.54) is 4.90 Å². The Morgan fingerprint density at radius 2 is 1.64 bits per heavy atom. The van der Waals surface area contributed by atoms with E-state index >= 15 is 0 Å². The summed E-state index contributed by atoms with van der Waals surface area (Å²) in [5, 5.41) is 2.68. The van der Waals surface area contributed by atoms with E-state index in [0.717, 1.165) is 0 Å². The number of carbonyl (C=O) groups excluding carboxylic acids is 3.